The number of alkyl carbamates (subject to hydrolysis) is 1. The van der Waals surface area contributed by atoms with E-state index in [1.54, 1.807) is 0 Å². The van der Waals surface area contributed by atoms with Crippen LogP contribution in [0, 0.1) is 29.6 Å². The molecule has 2 rings (SSSR count). The third-order valence-corrected chi connectivity index (χ3v) is 6.08. The van der Waals surface area contributed by atoms with Crippen LogP contribution in [0.5, 0.6) is 0 Å². The number of hydrogen-bond donors (Lipinski definition) is 2. The van der Waals surface area contributed by atoms with Crippen LogP contribution in [-0.4, -0.2) is 18.0 Å². The van der Waals surface area contributed by atoms with Crippen LogP contribution in [-0.2, 0) is 16.1 Å². The first-order chi connectivity index (χ1) is 15.1. The number of nitriles is 1. The summed E-state index contributed by atoms with van der Waals surface area (Å²) in [4.78, 5) is 26.4. The molecule has 7 heteroatoms. The number of nitrogens with zero attached hydrogens (tertiary/aromatic N) is 1. The van der Waals surface area contributed by atoms with Crippen LogP contribution in [0.25, 0.3) is 0 Å². The number of thiophene rings is 1. The molecule has 0 radical (unpaired) electrons. The predicted molar refractivity (Wildman–Crippen MR) is 127 cm³/mol. The van der Waals surface area contributed by atoms with Crippen molar-refractivity contribution < 1.29 is 14.3 Å². The lowest BCUT2D eigenvalue weighted by molar-refractivity contribution is -0.124. The van der Waals surface area contributed by atoms with E-state index in [0.717, 1.165) is 22.4 Å². The van der Waals surface area contributed by atoms with Crippen LogP contribution in [0.1, 0.15) is 62.6 Å². The van der Waals surface area contributed by atoms with Crippen molar-refractivity contribution in [3.63, 3.8) is 0 Å². The van der Waals surface area contributed by atoms with Crippen molar-refractivity contribution in [3.05, 3.63) is 57.8 Å². The number of benzene rings is 1. The highest BCUT2D eigenvalue weighted by atomic mass is 32.1. The molecule has 1 heterocycles. The monoisotopic (exact) mass is 455 g/mol. The number of aryl methyl sites for hydroxylation is 1. The molecule has 172 valence electrons. The zero-order chi connectivity index (χ0) is 23.7. The summed E-state index contributed by atoms with van der Waals surface area (Å²) in [7, 11) is 0. The van der Waals surface area contributed by atoms with E-state index in [-0.39, 0.29) is 23.8 Å². The average Bonchev–Trinajstić information content (AvgIpc) is 3.15. The van der Waals surface area contributed by atoms with Gasteiger partial charge in [-0.05, 0) is 53.7 Å². The SMILES string of the molecule is Cc1ccsc1C(C#N)NC(=O)C(CC(C)CC(C)(C)C)NC(=O)OCc1ccccc1. The third-order valence-electron chi connectivity index (χ3n) is 5.00. The Balaban J connectivity index is 2.08. The molecule has 1 aromatic carbocycles. The fourth-order valence-corrected chi connectivity index (χ4v) is 4.67. The zero-order valence-corrected chi connectivity index (χ0v) is 20.3. The lowest BCUT2D eigenvalue weighted by Gasteiger charge is -2.27. The summed E-state index contributed by atoms with van der Waals surface area (Å²) >= 11 is 1.43. The second-order valence-corrected chi connectivity index (χ2v) is 10.4. The summed E-state index contributed by atoms with van der Waals surface area (Å²) in [5, 5.41) is 17.0. The van der Waals surface area contributed by atoms with E-state index in [0.29, 0.717) is 6.42 Å². The van der Waals surface area contributed by atoms with Gasteiger partial charge in [-0.3, -0.25) is 4.79 Å². The first kappa shape index (κ1) is 25.4. The number of carbonyl (C=O) groups excluding carboxylic acids is 2. The molecule has 0 fully saturated rings. The Bertz CT molecular complexity index is 928. The van der Waals surface area contributed by atoms with E-state index in [1.807, 2.05) is 48.7 Å². The van der Waals surface area contributed by atoms with Gasteiger partial charge in [-0.2, -0.15) is 5.26 Å². The minimum absolute atomic E-state index is 0.0948. The van der Waals surface area contributed by atoms with E-state index in [2.05, 4.69) is 44.4 Å². The van der Waals surface area contributed by atoms with Crippen LogP contribution < -0.4 is 10.6 Å². The summed E-state index contributed by atoms with van der Waals surface area (Å²) in [6.07, 6.45) is 0.687. The van der Waals surface area contributed by atoms with Gasteiger partial charge in [-0.1, -0.05) is 58.0 Å². The number of nitrogens with one attached hydrogen (secondary N) is 2. The van der Waals surface area contributed by atoms with Crippen molar-refractivity contribution in [2.75, 3.05) is 0 Å². The Morgan fingerprint density at radius 2 is 1.84 bits per heavy atom. The summed E-state index contributed by atoms with van der Waals surface area (Å²) in [6, 6.07) is 11.9. The van der Waals surface area contributed by atoms with Crippen LogP contribution in [0.3, 0.4) is 0 Å². The molecule has 0 aliphatic carbocycles. The Labute approximate surface area is 195 Å². The highest BCUT2D eigenvalue weighted by Crippen LogP contribution is 2.27. The molecule has 3 atom stereocenters. The van der Waals surface area contributed by atoms with Crippen molar-refractivity contribution in [1.82, 2.24) is 10.6 Å². The minimum atomic E-state index is -0.799. The summed E-state index contributed by atoms with van der Waals surface area (Å²) in [5.41, 5.74) is 1.91. The van der Waals surface area contributed by atoms with Gasteiger partial charge in [0.2, 0.25) is 5.91 Å². The molecule has 0 aliphatic heterocycles. The van der Waals surface area contributed by atoms with Gasteiger partial charge in [-0.15, -0.1) is 11.3 Å². The standard InChI is InChI=1S/C25H33N3O3S/c1-17(14-25(3,4)5)13-20(28-24(30)31-16-19-9-7-6-8-10-19)23(29)27-21(15-26)22-18(2)11-12-32-22/h6-12,17,20-21H,13-14,16H2,1-5H3,(H,27,29)(H,28,30). The minimum Gasteiger partial charge on any atom is -0.445 e. The molecule has 2 aromatic rings. The molecule has 0 aliphatic rings. The van der Waals surface area contributed by atoms with Crippen molar-refractivity contribution in [2.45, 2.75) is 66.2 Å². The van der Waals surface area contributed by atoms with Crippen molar-refractivity contribution in [2.24, 2.45) is 11.3 Å². The molecule has 3 unspecified atom stereocenters. The van der Waals surface area contributed by atoms with E-state index in [4.69, 9.17) is 4.74 Å². The lowest BCUT2D eigenvalue weighted by atomic mass is 9.83. The largest absolute Gasteiger partial charge is 0.445 e. The highest BCUT2D eigenvalue weighted by molar-refractivity contribution is 7.10. The molecule has 0 bridgehead atoms. The van der Waals surface area contributed by atoms with Crippen LogP contribution in [0.4, 0.5) is 4.79 Å². The topological polar surface area (TPSA) is 91.2 Å². The fraction of sp³-hybridized carbons (Fsp3) is 0.480. The van der Waals surface area contributed by atoms with Gasteiger partial charge in [0, 0.05) is 4.88 Å². The second-order valence-electron chi connectivity index (χ2n) is 9.40. The average molecular weight is 456 g/mol. The van der Waals surface area contributed by atoms with Gasteiger partial charge in [0.1, 0.15) is 12.6 Å². The maximum absolute atomic E-state index is 13.1. The van der Waals surface area contributed by atoms with E-state index in [9.17, 15) is 14.9 Å². The molecule has 0 saturated heterocycles. The van der Waals surface area contributed by atoms with Gasteiger partial charge < -0.3 is 15.4 Å². The molecule has 2 N–H and O–H groups in total. The molecule has 1 aromatic heterocycles. The van der Waals surface area contributed by atoms with Crippen LogP contribution in [0.15, 0.2) is 41.8 Å². The first-order valence-electron chi connectivity index (χ1n) is 10.8. The third kappa shape index (κ3) is 8.35. The molecule has 2 amide bonds. The molecule has 6 nitrogen and oxygen atoms in total. The Morgan fingerprint density at radius 3 is 2.41 bits per heavy atom. The Kier molecular flexibility index (Phi) is 9.27. The van der Waals surface area contributed by atoms with Crippen LogP contribution >= 0.6 is 11.3 Å². The first-order valence-corrected chi connectivity index (χ1v) is 11.7. The molecular weight excluding hydrogens is 422 g/mol. The van der Waals surface area contributed by atoms with Crippen molar-refractivity contribution in [1.29, 1.82) is 5.26 Å². The summed E-state index contributed by atoms with van der Waals surface area (Å²) < 4.78 is 5.32. The maximum atomic E-state index is 13.1. The number of carbonyl (C=O) groups is 2. The predicted octanol–water partition coefficient (Wildman–Crippen LogP) is 5.49. The zero-order valence-electron chi connectivity index (χ0n) is 19.5. The number of ether oxygens (including phenoxy) is 1. The fourth-order valence-electron chi connectivity index (χ4n) is 3.75. The smallest absolute Gasteiger partial charge is 0.408 e. The van der Waals surface area contributed by atoms with Gasteiger partial charge in [0.25, 0.3) is 0 Å². The van der Waals surface area contributed by atoms with E-state index < -0.39 is 18.2 Å². The van der Waals surface area contributed by atoms with Gasteiger partial charge in [0.05, 0.1) is 6.07 Å². The molecule has 0 saturated carbocycles. The van der Waals surface area contributed by atoms with E-state index >= 15 is 0 Å². The number of rotatable bonds is 9. The quantitative estimate of drug-likeness (QED) is 0.523. The normalized spacial score (nSPS) is 14.0. The van der Waals surface area contributed by atoms with Gasteiger partial charge >= 0.3 is 6.09 Å². The van der Waals surface area contributed by atoms with Crippen LogP contribution in [0.2, 0.25) is 0 Å². The Morgan fingerprint density at radius 1 is 1.16 bits per heavy atom. The van der Waals surface area contributed by atoms with Crippen molar-refractivity contribution in [3.8, 4) is 6.07 Å². The maximum Gasteiger partial charge on any atom is 0.408 e. The number of amides is 2. The lowest BCUT2D eigenvalue weighted by Crippen LogP contribution is -2.48. The van der Waals surface area contributed by atoms with Gasteiger partial charge in [0.15, 0.2) is 6.04 Å². The van der Waals surface area contributed by atoms with Gasteiger partial charge in [-0.25, -0.2) is 4.79 Å². The molecule has 32 heavy (non-hydrogen) atoms. The molecule has 0 spiro atoms. The Hall–Kier alpha value is -2.85. The van der Waals surface area contributed by atoms with E-state index in [1.165, 1.54) is 11.3 Å². The second kappa shape index (κ2) is 11.7. The summed E-state index contributed by atoms with van der Waals surface area (Å²) in [5.74, 6) is -0.203. The highest BCUT2D eigenvalue weighted by Gasteiger charge is 2.28. The summed E-state index contributed by atoms with van der Waals surface area (Å²) in [6.45, 7) is 10.5. The van der Waals surface area contributed by atoms with Crippen molar-refractivity contribution >= 4 is 23.3 Å². The molecular formula is C25H33N3O3S. The number of hydrogen-bond acceptors (Lipinski definition) is 5.